The van der Waals surface area contributed by atoms with Gasteiger partial charge in [-0.3, -0.25) is 4.21 Å². The molecule has 0 bridgehead atoms. The van der Waals surface area contributed by atoms with Crippen molar-refractivity contribution in [3.63, 3.8) is 0 Å². The molecular weight excluding hydrogens is 264 g/mol. The lowest BCUT2D eigenvalue weighted by molar-refractivity contribution is 0.233. The maximum absolute atomic E-state index is 12.0. The van der Waals surface area contributed by atoms with E-state index in [0.29, 0.717) is 28.8 Å². The van der Waals surface area contributed by atoms with Gasteiger partial charge >= 0.3 is 0 Å². The smallest absolute Gasteiger partial charge is 0.224 e. The molecule has 2 heterocycles. The number of nitrogens with zero attached hydrogens (tertiary/aromatic N) is 2. The standard InChI is InChI=1S/C12H20N4O2S/c1-4-13-11-14-8-5-6-19(18)9(8)10(15-11)16-12(2,3)7-17/h17H,4-7H2,1-3H3,(H2,13,14,15,16). The molecule has 0 saturated carbocycles. The molecule has 1 unspecified atom stereocenters. The predicted molar refractivity (Wildman–Crippen MR) is 76.0 cm³/mol. The predicted octanol–water partition coefficient (Wildman–Crippen LogP) is 0.755. The van der Waals surface area contributed by atoms with Gasteiger partial charge in [0.1, 0.15) is 10.7 Å². The average molecular weight is 284 g/mol. The molecule has 0 aliphatic carbocycles. The molecule has 1 aliphatic heterocycles. The molecule has 0 radical (unpaired) electrons. The fourth-order valence-corrected chi connectivity index (χ4v) is 3.18. The SMILES string of the molecule is CCNc1nc2c(c(NC(C)(C)CO)n1)S(=O)CC2. The molecule has 3 N–H and O–H groups in total. The summed E-state index contributed by atoms with van der Waals surface area (Å²) in [4.78, 5) is 9.46. The highest BCUT2D eigenvalue weighted by molar-refractivity contribution is 7.85. The number of aliphatic hydroxyl groups is 1. The van der Waals surface area contributed by atoms with Gasteiger partial charge in [0, 0.05) is 18.7 Å². The third-order valence-corrected chi connectivity index (χ3v) is 4.33. The molecule has 0 fully saturated rings. The summed E-state index contributed by atoms with van der Waals surface area (Å²) in [6.07, 6.45) is 0.705. The fourth-order valence-electron chi connectivity index (χ4n) is 1.88. The molecule has 0 amide bonds. The highest BCUT2D eigenvalue weighted by Gasteiger charge is 2.28. The van der Waals surface area contributed by atoms with Crippen LogP contribution in [0.5, 0.6) is 0 Å². The number of nitrogens with one attached hydrogen (secondary N) is 2. The Hall–Kier alpha value is -1.21. The van der Waals surface area contributed by atoms with Crippen molar-refractivity contribution in [2.24, 2.45) is 0 Å². The van der Waals surface area contributed by atoms with E-state index in [0.717, 1.165) is 12.2 Å². The summed E-state index contributed by atoms with van der Waals surface area (Å²) < 4.78 is 12.0. The van der Waals surface area contributed by atoms with Gasteiger partial charge in [0.25, 0.3) is 0 Å². The average Bonchev–Trinajstić information content (AvgIpc) is 2.71. The molecule has 1 aromatic rings. The lowest BCUT2D eigenvalue weighted by Crippen LogP contribution is -2.36. The number of aromatic nitrogens is 2. The Morgan fingerprint density at radius 1 is 1.42 bits per heavy atom. The van der Waals surface area contributed by atoms with Crippen LogP contribution in [0.2, 0.25) is 0 Å². The number of aliphatic hydroxyl groups excluding tert-OH is 1. The number of aryl methyl sites for hydroxylation is 1. The number of rotatable bonds is 5. The van der Waals surface area contributed by atoms with E-state index in [1.165, 1.54) is 0 Å². The normalized spacial score (nSPS) is 18.2. The molecule has 1 aromatic heterocycles. The van der Waals surface area contributed by atoms with Gasteiger partial charge in [0.2, 0.25) is 5.95 Å². The zero-order chi connectivity index (χ0) is 14.0. The summed E-state index contributed by atoms with van der Waals surface area (Å²) >= 11 is 0. The van der Waals surface area contributed by atoms with E-state index >= 15 is 0 Å². The molecule has 0 aromatic carbocycles. The molecule has 106 valence electrons. The quantitative estimate of drug-likeness (QED) is 0.740. The number of hydrogen-bond acceptors (Lipinski definition) is 6. The van der Waals surface area contributed by atoms with Crippen LogP contribution in [0.4, 0.5) is 11.8 Å². The lowest BCUT2D eigenvalue weighted by atomic mass is 10.1. The number of fused-ring (bicyclic) bond motifs is 1. The summed E-state index contributed by atoms with van der Waals surface area (Å²) in [7, 11) is -1.06. The van der Waals surface area contributed by atoms with Crippen LogP contribution >= 0.6 is 0 Å². The van der Waals surface area contributed by atoms with Crippen molar-refractivity contribution < 1.29 is 9.32 Å². The van der Waals surface area contributed by atoms with Crippen molar-refractivity contribution in [3.8, 4) is 0 Å². The van der Waals surface area contributed by atoms with Gasteiger partial charge in [-0.05, 0) is 20.8 Å². The van der Waals surface area contributed by atoms with E-state index in [-0.39, 0.29) is 6.61 Å². The Morgan fingerprint density at radius 2 is 2.16 bits per heavy atom. The fraction of sp³-hybridized carbons (Fsp3) is 0.667. The minimum atomic E-state index is -1.06. The Labute approximate surface area is 115 Å². The number of hydrogen-bond donors (Lipinski definition) is 3. The molecule has 0 saturated heterocycles. The Morgan fingerprint density at radius 3 is 2.79 bits per heavy atom. The van der Waals surface area contributed by atoms with E-state index < -0.39 is 16.3 Å². The van der Waals surface area contributed by atoms with E-state index in [1.807, 2.05) is 20.8 Å². The van der Waals surface area contributed by atoms with Crippen molar-refractivity contribution in [1.82, 2.24) is 9.97 Å². The Bertz CT molecular complexity index is 505. The van der Waals surface area contributed by atoms with Crippen LogP contribution in [-0.2, 0) is 17.2 Å². The molecule has 0 spiro atoms. The summed E-state index contributed by atoms with van der Waals surface area (Å²) in [6.45, 7) is 6.40. The second-order valence-corrected chi connectivity index (χ2v) is 6.68. The highest BCUT2D eigenvalue weighted by atomic mass is 32.2. The van der Waals surface area contributed by atoms with Crippen molar-refractivity contribution in [2.45, 2.75) is 37.6 Å². The minimum absolute atomic E-state index is 0.0328. The molecule has 19 heavy (non-hydrogen) atoms. The zero-order valence-electron chi connectivity index (χ0n) is 11.5. The first-order chi connectivity index (χ1) is 8.96. The van der Waals surface area contributed by atoms with Crippen molar-refractivity contribution >= 4 is 22.6 Å². The molecule has 2 rings (SSSR count). The second-order valence-electron chi connectivity index (χ2n) is 5.17. The van der Waals surface area contributed by atoms with Gasteiger partial charge in [-0.1, -0.05) is 0 Å². The first kappa shape index (κ1) is 14.2. The summed E-state index contributed by atoms with van der Waals surface area (Å²) in [5, 5.41) is 15.6. The van der Waals surface area contributed by atoms with Crippen molar-refractivity contribution in [3.05, 3.63) is 5.69 Å². The van der Waals surface area contributed by atoms with Gasteiger partial charge in [-0.25, -0.2) is 4.98 Å². The summed E-state index contributed by atoms with van der Waals surface area (Å²) in [6, 6.07) is 0. The topological polar surface area (TPSA) is 87.1 Å². The van der Waals surface area contributed by atoms with Crippen LogP contribution in [0.3, 0.4) is 0 Å². The summed E-state index contributed by atoms with van der Waals surface area (Å²) in [5.74, 6) is 1.70. The molecule has 1 aliphatic rings. The van der Waals surface area contributed by atoms with Gasteiger partial charge in [-0.2, -0.15) is 4.98 Å². The van der Waals surface area contributed by atoms with E-state index in [1.54, 1.807) is 0 Å². The molecular formula is C12H20N4O2S. The van der Waals surface area contributed by atoms with Crippen LogP contribution in [0.15, 0.2) is 4.90 Å². The van der Waals surface area contributed by atoms with Crippen molar-refractivity contribution in [2.75, 3.05) is 29.5 Å². The van der Waals surface area contributed by atoms with Crippen LogP contribution in [0, 0.1) is 0 Å². The van der Waals surface area contributed by atoms with Crippen LogP contribution in [-0.4, -0.2) is 43.7 Å². The highest BCUT2D eigenvalue weighted by Crippen LogP contribution is 2.30. The zero-order valence-corrected chi connectivity index (χ0v) is 12.3. The minimum Gasteiger partial charge on any atom is -0.394 e. The second kappa shape index (κ2) is 5.42. The first-order valence-electron chi connectivity index (χ1n) is 6.39. The van der Waals surface area contributed by atoms with Crippen molar-refractivity contribution in [1.29, 1.82) is 0 Å². The van der Waals surface area contributed by atoms with Crippen LogP contribution < -0.4 is 10.6 Å². The third kappa shape index (κ3) is 3.03. The van der Waals surface area contributed by atoms with E-state index in [2.05, 4.69) is 20.6 Å². The van der Waals surface area contributed by atoms with E-state index in [4.69, 9.17) is 0 Å². The largest absolute Gasteiger partial charge is 0.394 e. The van der Waals surface area contributed by atoms with Gasteiger partial charge in [-0.15, -0.1) is 0 Å². The monoisotopic (exact) mass is 284 g/mol. The maximum Gasteiger partial charge on any atom is 0.224 e. The van der Waals surface area contributed by atoms with Gasteiger partial charge in [0.15, 0.2) is 0 Å². The molecule has 7 heteroatoms. The third-order valence-electron chi connectivity index (χ3n) is 2.87. The molecule has 1 atom stereocenters. The van der Waals surface area contributed by atoms with Crippen LogP contribution in [0.1, 0.15) is 26.5 Å². The Balaban J connectivity index is 2.42. The van der Waals surface area contributed by atoms with Crippen LogP contribution in [0.25, 0.3) is 0 Å². The van der Waals surface area contributed by atoms with Gasteiger partial charge < -0.3 is 15.7 Å². The Kier molecular flexibility index (Phi) is 4.05. The van der Waals surface area contributed by atoms with Gasteiger partial charge in [0.05, 0.1) is 28.6 Å². The maximum atomic E-state index is 12.0. The van der Waals surface area contributed by atoms with E-state index in [9.17, 15) is 9.32 Å². The lowest BCUT2D eigenvalue weighted by Gasteiger charge is -2.25. The first-order valence-corrected chi connectivity index (χ1v) is 7.71. The summed E-state index contributed by atoms with van der Waals surface area (Å²) in [5.41, 5.74) is 0.318. The number of anilines is 2. The molecule has 6 nitrogen and oxygen atoms in total.